The van der Waals surface area contributed by atoms with E-state index in [1.165, 1.54) is 6.07 Å². The maximum atomic E-state index is 12.0. The molecule has 5 nitrogen and oxygen atoms in total. The van der Waals surface area contributed by atoms with Gasteiger partial charge in [0.2, 0.25) is 0 Å². The van der Waals surface area contributed by atoms with E-state index < -0.39 is 0 Å². The van der Waals surface area contributed by atoms with Crippen LogP contribution in [0.5, 0.6) is 0 Å². The third-order valence-corrected chi connectivity index (χ3v) is 3.60. The van der Waals surface area contributed by atoms with E-state index in [-0.39, 0.29) is 27.7 Å². The van der Waals surface area contributed by atoms with Gasteiger partial charge < -0.3 is 15.6 Å². The first-order chi connectivity index (χ1) is 10.5. The summed E-state index contributed by atoms with van der Waals surface area (Å²) in [7, 11) is 0. The van der Waals surface area contributed by atoms with Crippen LogP contribution < -0.4 is 10.6 Å². The number of benzene rings is 1. The van der Waals surface area contributed by atoms with Crippen LogP contribution in [0.3, 0.4) is 0 Å². The zero-order chi connectivity index (χ0) is 16.1. The Labute approximate surface area is 138 Å². The second-order valence-electron chi connectivity index (χ2n) is 4.63. The first-order valence-corrected chi connectivity index (χ1v) is 7.50. The molecule has 0 aliphatic heterocycles. The van der Waals surface area contributed by atoms with Crippen LogP contribution in [0.15, 0.2) is 30.3 Å². The first kappa shape index (κ1) is 16.4. The van der Waals surface area contributed by atoms with Gasteiger partial charge in [0.25, 0.3) is 11.8 Å². The average Bonchev–Trinajstić information content (AvgIpc) is 2.85. The van der Waals surface area contributed by atoms with E-state index in [1.54, 1.807) is 24.3 Å². The number of rotatable bonds is 5. The summed E-state index contributed by atoms with van der Waals surface area (Å²) in [6, 6.07) is 8.06. The molecule has 0 aliphatic rings. The standard InChI is InChI=1S/C15H15Cl2N3O2/c1-2-7-18-14(21)9-3-5-10(6-4-9)19-15(22)12-8-11(16)13(17)20-12/h3-6,8,20H,2,7H2,1H3,(H,18,21)(H,19,22). The molecule has 0 aliphatic carbocycles. The van der Waals surface area contributed by atoms with Gasteiger partial charge in [-0.3, -0.25) is 9.59 Å². The van der Waals surface area contributed by atoms with Crippen LogP contribution in [0, 0.1) is 0 Å². The van der Waals surface area contributed by atoms with E-state index in [2.05, 4.69) is 15.6 Å². The molecule has 22 heavy (non-hydrogen) atoms. The predicted molar refractivity (Wildman–Crippen MR) is 87.8 cm³/mol. The maximum Gasteiger partial charge on any atom is 0.272 e. The number of H-pyrrole nitrogens is 1. The Morgan fingerprint density at radius 3 is 2.36 bits per heavy atom. The van der Waals surface area contributed by atoms with Crippen LogP contribution in [0.25, 0.3) is 0 Å². The number of hydrogen-bond acceptors (Lipinski definition) is 2. The number of carbonyl (C=O) groups is 2. The highest BCUT2D eigenvalue weighted by Gasteiger charge is 2.12. The van der Waals surface area contributed by atoms with Crippen molar-refractivity contribution in [1.29, 1.82) is 0 Å². The molecular weight excluding hydrogens is 325 g/mol. The summed E-state index contributed by atoms with van der Waals surface area (Å²) in [5, 5.41) is 5.98. The third-order valence-electron chi connectivity index (χ3n) is 2.91. The van der Waals surface area contributed by atoms with Gasteiger partial charge in [0.05, 0.1) is 5.02 Å². The van der Waals surface area contributed by atoms with Gasteiger partial charge in [0.15, 0.2) is 0 Å². The summed E-state index contributed by atoms with van der Waals surface area (Å²) in [4.78, 5) is 26.4. The van der Waals surface area contributed by atoms with Crippen molar-refractivity contribution in [2.24, 2.45) is 0 Å². The molecule has 0 radical (unpaired) electrons. The van der Waals surface area contributed by atoms with Crippen LogP contribution in [-0.4, -0.2) is 23.3 Å². The lowest BCUT2D eigenvalue weighted by atomic mass is 10.2. The molecule has 2 amide bonds. The Bertz CT molecular complexity index is 661. The molecule has 0 saturated carbocycles. The highest BCUT2D eigenvalue weighted by molar-refractivity contribution is 6.41. The minimum Gasteiger partial charge on any atom is -0.352 e. The van der Waals surface area contributed by atoms with Gasteiger partial charge in [-0.1, -0.05) is 30.1 Å². The fraction of sp³-hybridized carbons (Fsp3) is 0.200. The quantitative estimate of drug-likeness (QED) is 0.776. The number of hydrogen-bond donors (Lipinski definition) is 3. The van der Waals surface area contributed by atoms with Crippen LogP contribution in [-0.2, 0) is 0 Å². The van der Waals surface area contributed by atoms with Gasteiger partial charge in [0, 0.05) is 17.8 Å². The van der Waals surface area contributed by atoms with Gasteiger partial charge in [-0.15, -0.1) is 0 Å². The lowest BCUT2D eigenvalue weighted by molar-refractivity contribution is 0.0953. The molecule has 2 rings (SSSR count). The van der Waals surface area contributed by atoms with Crippen molar-refractivity contribution in [3.8, 4) is 0 Å². The largest absolute Gasteiger partial charge is 0.352 e. The molecule has 1 aromatic heterocycles. The molecule has 1 aromatic carbocycles. The Morgan fingerprint density at radius 2 is 1.82 bits per heavy atom. The zero-order valence-electron chi connectivity index (χ0n) is 11.9. The fourth-order valence-corrected chi connectivity index (χ4v) is 2.08. The molecule has 0 saturated heterocycles. The van der Waals surface area contributed by atoms with Crippen LogP contribution in [0.1, 0.15) is 34.2 Å². The fourth-order valence-electron chi connectivity index (χ4n) is 1.77. The van der Waals surface area contributed by atoms with Crippen molar-refractivity contribution >= 4 is 40.7 Å². The molecule has 2 aromatic rings. The van der Waals surface area contributed by atoms with Crippen molar-refractivity contribution in [1.82, 2.24) is 10.3 Å². The Morgan fingerprint density at radius 1 is 1.14 bits per heavy atom. The highest BCUT2D eigenvalue weighted by atomic mass is 35.5. The Balaban J connectivity index is 2.01. The van der Waals surface area contributed by atoms with E-state index in [9.17, 15) is 9.59 Å². The summed E-state index contributed by atoms with van der Waals surface area (Å²) >= 11 is 11.5. The van der Waals surface area contributed by atoms with Crippen molar-refractivity contribution in [2.75, 3.05) is 11.9 Å². The van der Waals surface area contributed by atoms with Crippen LogP contribution >= 0.6 is 23.2 Å². The molecule has 1 heterocycles. The molecule has 7 heteroatoms. The van der Waals surface area contributed by atoms with Gasteiger partial charge in [0.1, 0.15) is 10.8 Å². The molecule has 0 unspecified atom stereocenters. The SMILES string of the molecule is CCCNC(=O)c1ccc(NC(=O)c2cc(Cl)c(Cl)[nH]2)cc1. The molecular formula is C15H15Cl2N3O2. The van der Waals surface area contributed by atoms with E-state index in [0.717, 1.165) is 6.42 Å². The number of carbonyl (C=O) groups excluding carboxylic acids is 2. The monoisotopic (exact) mass is 339 g/mol. The summed E-state index contributed by atoms with van der Waals surface area (Å²) in [6.07, 6.45) is 0.876. The second kappa shape index (κ2) is 7.33. The highest BCUT2D eigenvalue weighted by Crippen LogP contribution is 2.22. The number of anilines is 1. The van der Waals surface area contributed by atoms with Gasteiger partial charge in [-0.25, -0.2) is 0 Å². The summed E-state index contributed by atoms with van der Waals surface area (Å²) in [5.41, 5.74) is 1.37. The van der Waals surface area contributed by atoms with Gasteiger partial charge >= 0.3 is 0 Å². The smallest absolute Gasteiger partial charge is 0.272 e. The number of halogens is 2. The second-order valence-corrected chi connectivity index (χ2v) is 5.42. The van der Waals surface area contributed by atoms with Crippen molar-refractivity contribution in [3.63, 3.8) is 0 Å². The number of nitrogens with one attached hydrogen (secondary N) is 3. The lowest BCUT2D eigenvalue weighted by Gasteiger charge is -2.06. The third kappa shape index (κ3) is 4.02. The summed E-state index contributed by atoms with van der Waals surface area (Å²) < 4.78 is 0. The molecule has 3 N–H and O–H groups in total. The Kier molecular flexibility index (Phi) is 5.46. The lowest BCUT2D eigenvalue weighted by Crippen LogP contribution is -2.23. The normalized spacial score (nSPS) is 10.3. The van der Waals surface area contributed by atoms with E-state index >= 15 is 0 Å². The zero-order valence-corrected chi connectivity index (χ0v) is 13.4. The van der Waals surface area contributed by atoms with Crippen LogP contribution in [0.4, 0.5) is 5.69 Å². The number of amides is 2. The minimum atomic E-state index is -0.364. The molecule has 0 spiro atoms. The van der Waals surface area contributed by atoms with Gasteiger partial charge in [-0.05, 0) is 36.8 Å². The predicted octanol–water partition coefficient (Wildman–Crippen LogP) is 3.71. The summed E-state index contributed by atoms with van der Waals surface area (Å²) in [5.74, 6) is -0.500. The number of aromatic nitrogens is 1. The maximum absolute atomic E-state index is 12.0. The first-order valence-electron chi connectivity index (χ1n) is 6.75. The molecule has 0 fully saturated rings. The van der Waals surface area contributed by atoms with E-state index in [0.29, 0.717) is 17.8 Å². The van der Waals surface area contributed by atoms with E-state index in [4.69, 9.17) is 23.2 Å². The number of aromatic amines is 1. The van der Waals surface area contributed by atoms with Crippen molar-refractivity contribution in [2.45, 2.75) is 13.3 Å². The van der Waals surface area contributed by atoms with Crippen molar-refractivity contribution < 1.29 is 9.59 Å². The van der Waals surface area contributed by atoms with E-state index in [1.807, 2.05) is 6.92 Å². The minimum absolute atomic E-state index is 0.136. The topological polar surface area (TPSA) is 74.0 Å². The van der Waals surface area contributed by atoms with Crippen molar-refractivity contribution in [3.05, 3.63) is 51.8 Å². The molecule has 0 bridgehead atoms. The average molecular weight is 340 g/mol. The van der Waals surface area contributed by atoms with Crippen LogP contribution in [0.2, 0.25) is 10.2 Å². The molecule has 116 valence electrons. The van der Waals surface area contributed by atoms with Gasteiger partial charge in [-0.2, -0.15) is 0 Å². The molecule has 0 atom stereocenters. The summed E-state index contributed by atoms with van der Waals surface area (Å²) in [6.45, 7) is 2.61. The Hall–Kier alpha value is -1.98.